The first-order chi connectivity index (χ1) is 19.4. The molecule has 40 heavy (non-hydrogen) atoms. The molecule has 1 aliphatic rings. The smallest absolute Gasteiger partial charge is 0.253 e. The molecule has 1 saturated heterocycles. The zero-order chi connectivity index (χ0) is 28.2. The van der Waals surface area contributed by atoms with Crippen molar-refractivity contribution in [1.82, 2.24) is 19.7 Å². The van der Waals surface area contributed by atoms with Crippen molar-refractivity contribution >= 4 is 67.6 Å². The van der Waals surface area contributed by atoms with Gasteiger partial charge in [-0.2, -0.15) is 0 Å². The highest BCUT2D eigenvalue weighted by atomic mass is 79.9. The number of nitrogens with zero attached hydrogens (tertiary/aromatic N) is 4. The summed E-state index contributed by atoms with van der Waals surface area (Å²) in [6.45, 7) is 4.17. The van der Waals surface area contributed by atoms with E-state index in [0.717, 1.165) is 30.3 Å². The molecule has 1 aromatic heterocycles. The van der Waals surface area contributed by atoms with E-state index >= 15 is 0 Å². The third kappa shape index (κ3) is 6.05. The second-order valence-electron chi connectivity index (χ2n) is 9.73. The molecule has 2 amide bonds. The lowest BCUT2D eigenvalue weighted by Gasteiger charge is -2.31. The van der Waals surface area contributed by atoms with Gasteiger partial charge in [0.1, 0.15) is 0 Å². The minimum absolute atomic E-state index is 0.0600. The van der Waals surface area contributed by atoms with E-state index in [-0.39, 0.29) is 17.6 Å². The Labute approximate surface area is 250 Å². The van der Waals surface area contributed by atoms with E-state index in [2.05, 4.69) is 62.6 Å². The molecule has 0 radical (unpaired) electrons. The number of thioether (sulfide) groups is 1. The first-order valence-corrected chi connectivity index (χ1v) is 15.4. The molecule has 0 aliphatic carbocycles. The van der Waals surface area contributed by atoms with Crippen LogP contribution in [0.3, 0.4) is 0 Å². The zero-order valence-electron chi connectivity index (χ0n) is 22.1. The maximum absolute atomic E-state index is 12.9. The third-order valence-corrected chi connectivity index (χ3v) is 9.02. The van der Waals surface area contributed by atoms with Crippen molar-refractivity contribution in [2.24, 2.45) is 11.7 Å². The highest BCUT2D eigenvalue weighted by molar-refractivity contribution is 9.10. The molecule has 1 aliphatic heterocycles. The Hall–Kier alpha value is -2.92. The molecular weight excluding hydrogens is 612 g/mol. The number of nitrogens with one attached hydrogen (secondary N) is 1. The summed E-state index contributed by atoms with van der Waals surface area (Å²) in [5, 5.41) is 14.5. The lowest BCUT2D eigenvalue weighted by molar-refractivity contribution is -0.113. The summed E-state index contributed by atoms with van der Waals surface area (Å²) in [6.07, 6.45) is 2.75. The summed E-state index contributed by atoms with van der Waals surface area (Å²) >= 11 is 11.3. The van der Waals surface area contributed by atoms with Gasteiger partial charge in [-0.15, -0.1) is 10.2 Å². The fourth-order valence-electron chi connectivity index (χ4n) is 5.02. The van der Waals surface area contributed by atoms with Gasteiger partial charge in [-0.3, -0.25) is 14.2 Å². The largest absolute Gasteiger partial charge is 0.339 e. The molecule has 3 N–H and O–H groups in total. The minimum Gasteiger partial charge on any atom is -0.339 e. The van der Waals surface area contributed by atoms with Gasteiger partial charge in [0.25, 0.3) is 5.91 Å². The van der Waals surface area contributed by atoms with Crippen molar-refractivity contribution in [3.05, 3.63) is 75.5 Å². The van der Waals surface area contributed by atoms with Gasteiger partial charge in [-0.1, -0.05) is 60.6 Å². The number of hydrogen-bond donors (Lipinski definition) is 2. The van der Waals surface area contributed by atoms with Crippen LogP contribution in [0.2, 0.25) is 5.02 Å². The van der Waals surface area contributed by atoms with Crippen LogP contribution in [0, 0.1) is 5.92 Å². The van der Waals surface area contributed by atoms with Gasteiger partial charge >= 0.3 is 0 Å². The number of rotatable bonds is 8. The quantitative estimate of drug-likeness (QED) is 0.231. The Morgan fingerprint density at radius 1 is 1.10 bits per heavy atom. The van der Waals surface area contributed by atoms with Crippen LogP contribution in [-0.2, 0) is 11.2 Å². The number of benzene rings is 3. The summed E-state index contributed by atoms with van der Waals surface area (Å²) in [6, 6.07) is 17.4. The number of fused-ring (bicyclic) bond motifs is 1. The van der Waals surface area contributed by atoms with Crippen molar-refractivity contribution < 1.29 is 9.59 Å². The number of likely N-dealkylation sites (tertiary alicyclic amines) is 1. The second kappa shape index (κ2) is 12.7. The molecule has 0 bridgehead atoms. The van der Waals surface area contributed by atoms with Crippen LogP contribution in [0.4, 0.5) is 5.69 Å². The zero-order valence-corrected chi connectivity index (χ0v) is 25.2. The molecule has 8 nitrogen and oxygen atoms in total. The first-order valence-electron chi connectivity index (χ1n) is 13.2. The number of hydrogen-bond acceptors (Lipinski definition) is 6. The van der Waals surface area contributed by atoms with E-state index in [4.69, 9.17) is 17.3 Å². The fraction of sp³-hybridized carbons (Fsp3) is 0.310. The van der Waals surface area contributed by atoms with Crippen LogP contribution >= 0.6 is 39.3 Å². The molecule has 4 aromatic rings. The highest BCUT2D eigenvalue weighted by Gasteiger charge is 2.24. The van der Waals surface area contributed by atoms with Gasteiger partial charge in [0.05, 0.1) is 22.2 Å². The second-order valence-corrected chi connectivity index (χ2v) is 11.8. The van der Waals surface area contributed by atoms with Crippen LogP contribution < -0.4 is 11.1 Å². The number of aryl methyl sites for hydroxylation is 1. The van der Waals surface area contributed by atoms with Gasteiger partial charge in [0, 0.05) is 24.0 Å². The predicted molar refractivity (Wildman–Crippen MR) is 164 cm³/mol. The van der Waals surface area contributed by atoms with Gasteiger partial charge in [-0.25, -0.2) is 0 Å². The van der Waals surface area contributed by atoms with Gasteiger partial charge in [0.2, 0.25) is 10.6 Å². The van der Waals surface area contributed by atoms with Crippen molar-refractivity contribution in [1.29, 1.82) is 0 Å². The molecule has 208 valence electrons. The SMILES string of the molecule is CCc1ccc(-n2c(Br)nnc2SCC(=O)Nc2ccc(C(=O)N3CCC(CN)CC3)cc2Cl)c2ccccc12. The number of piperidine rings is 1. The molecular formula is C29H30BrClN6O2S. The predicted octanol–water partition coefficient (Wildman–Crippen LogP) is 5.94. The van der Waals surface area contributed by atoms with Gasteiger partial charge in [-0.05, 0) is 82.9 Å². The van der Waals surface area contributed by atoms with Crippen LogP contribution in [0.5, 0.6) is 0 Å². The number of halogens is 2. The lowest BCUT2D eigenvalue weighted by atomic mass is 9.96. The van der Waals surface area contributed by atoms with Crippen molar-refractivity contribution in [3.8, 4) is 5.69 Å². The molecule has 0 atom stereocenters. The Morgan fingerprint density at radius 2 is 1.85 bits per heavy atom. The summed E-state index contributed by atoms with van der Waals surface area (Å²) in [5.41, 5.74) is 8.92. The Balaban J connectivity index is 1.26. The van der Waals surface area contributed by atoms with Crippen LogP contribution in [0.25, 0.3) is 16.5 Å². The number of carbonyl (C=O) groups excluding carboxylic acids is 2. The normalized spacial score (nSPS) is 14.1. The molecule has 0 saturated carbocycles. The maximum atomic E-state index is 12.9. The van der Waals surface area contributed by atoms with Gasteiger partial charge < -0.3 is 16.0 Å². The van der Waals surface area contributed by atoms with E-state index in [0.29, 0.717) is 51.7 Å². The lowest BCUT2D eigenvalue weighted by Crippen LogP contribution is -2.40. The molecule has 3 aromatic carbocycles. The Bertz CT molecular complexity index is 1550. The topological polar surface area (TPSA) is 106 Å². The van der Waals surface area contributed by atoms with Crippen molar-refractivity contribution in [3.63, 3.8) is 0 Å². The number of aromatic nitrogens is 3. The third-order valence-electron chi connectivity index (χ3n) is 7.26. The number of nitrogens with two attached hydrogens (primary N) is 1. The van der Waals surface area contributed by atoms with E-state index in [1.165, 1.54) is 22.7 Å². The summed E-state index contributed by atoms with van der Waals surface area (Å²) in [7, 11) is 0. The monoisotopic (exact) mass is 640 g/mol. The number of amides is 2. The summed E-state index contributed by atoms with van der Waals surface area (Å²) in [5.74, 6) is 0.268. The first kappa shape index (κ1) is 28.6. The summed E-state index contributed by atoms with van der Waals surface area (Å²) in [4.78, 5) is 27.6. The number of anilines is 1. The molecule has 0 spiro atoms. The Morgan fingerprint density at radius 3 is 2.55 bits per heavy atom. The van der Waals surface area contributed by atoms with Crippen LogP contribution in [-0.4, -0.2) is 56.9 Å². The van der Waals surface area contributed by atoms with E-state index < -0.39 is 0 Å². The van der Waals surface area contributed by atoms with Crippen molar-refractivity contribution in [2.75, 3.05) is 30.7 Å². The van der Waals surface area contributed by atoms with Crippen LogP contribution in [0.15, 0.2) is 64.5 Å². The Kier molecular flexibility index (Phi) is 9.10. The minimum atomic E-state index is -0.244. The number of carbonyl (C=O) groups is 2. The fourth-order valence-corrected chi connectivity index (χ4v) is 6.55. The van der Waals surface area contributed by atoms with E-state index in [9.17, 15) is 9.59 Å². The molecule has 5 rings (SSSR count). The standard InChI is InChI=1S/C29H30BrClN6O2S/c1-2-19-8-10-25(22-6-4-3-5-21(19)22)37-28(30)34-35-29(37)40-17-26(38)33-24-9-7-20(15-23(24)31)27(39)36-13-11-18(16-32)12-14-36/h3-10,15,18H,2,11-14,16-17,32H2,1H3,(H,33,38). The average Bonchev–Trinajstić information content (AvgIpc) is 3.35. The van der Waals surface area contributed by atoms with Crippen molar-refractivity contribution in [2.45, 2.75) is 31.3 Å². The average molecular weight is 642 g/mol. The molecule has 11 heteroatoms. The van der Waals surface area contributed by atoms with Crippen LogP contribution in [0.1, 0.15) is 35.7 Å². The molecule has 1 fully saturated rings. The highest BCUT2D eigenvalue weighted by Crippen LogP contribution is 2.32. The summed E-state index contributed by atoms with van der Waals surface area (Å²) < 4.78 is 2.46. The molecule has 2 heterocycles. The van der Waals surface area contributed by atoms with E-state index in [1.807, 2.05) is 21.6 Å². The molecule has 0 unspecified atom stereocenters. The maximum Gasteiger partial charge on any atom is 0.253 e. The van der Waals surface area contributed by atoms with E-state index in [1.54, 1.807) is 18.2 Å². The van der Waals surface area contributed by atoms with Gasteiger partial charge in [0.15, 0.2) is 5.16 Å².